The second-order valence-electron chi connectivity index (χ2n) is 8.02. The lowest BCUT2D eigenvalue weighted by Gasteiger charge is -2.24. The molecule has 4 nitrogen and oxygen atoms in total. The molecule has 0 spiro atoms. The Morgan fingerprint density at radius 1 is 1.15 bits per heavy atom. The molecule has 2 saturated heterocycles. The molecule has 3 heterocycles. The van der Waals surface area contributed by atoms with Gasteiger partial charge in [0.05, 0.1) is 4.88 Å². The third kappa shape index (κ3) is 3.82. The summed E-state index contributed by atoms with van der Waals surface area (Å²) in [5.74, 6) is 0.807. The maximum absolute atomic E-state index is 12.9. The van der Waals surface area contributed by atoms with Crippen molar-refractivity contribution < 1.29 is 4.79 Å². The van der Waals surface area contributed by atoms with E-state index in [0.29, 0.717) is 12.5 Å². The van der Waals surface area contributed by atoms with Gasteiger partial charge in [0, 0.05) is 24.0 Å². The molecule has 1 atom stereocenters. The highest BCUT2D eigenvalue weighted by molar-refractivity contribution is 7.17. The zero-order valence-electron chi connectivity index (χ0n) is 16.3. The first-order chi connectivity index (χ1) is 13.0. The van der Waals surface area contributed by atoms with Crippen molar-refractivity contribution in [3.05, 3.63) is 45.8 Å². The monoisotopic (exact) mass is 383 g/mol. The van der Waals surface area contributed by atoms with Gasteiger partial charge in [-0.15, -0.1) is 11.3 Å². The number of aryl methyl sites for hydroxylation is 2. The van der Waals surface area contributed by atoms with Crippen LogP contribution in [-0.4, -0.2) is 43.0 Å². The molecule has 4 rings (SSSR count). The second kappa shape index (κ2) is 7.74. The Hall–Kier alpha value is -1.69. The summed E-state index contributed by atoms with van der Waals surface area (Å²) in [6.07, 6.45) is 3.34. The van der Waals surface area contributed by atoms with E-state index >= 15 is 0 Å². The number of nitrogens with one attached hydrogen (secondary N) is 1. The number of carbonyl (C=O) groups is 1. The number of carbonyl (C=O) groups excluding carboxylic acids is 1. The van der Waals surface area contributed by atoms with E-state index in [1.54, 1.807) is 11.3 Å². The minimum Gasteiger partial charge on any atom is -0.336 e. The molecule has 2 aromatic rings. The first-order valence-electron chi connectivity index (χ1n) is 10.00. The molecule has 2 aliphatic rings. The number of benzene rings is 1. The molecule has 27 heavy (non-hydrogen) atoms. The van der Waals surface area contributed by atoms with Crippen molar-refractivity contribution in [1.29, 1.82) is 0 Å². The van der Waals surface area contributed by atoms with Crippen LogP contribution in [0.25, 0.3) is 10.4 Å². The van der Waals surface area contributed by atoms with E-state index in [2.05, 4.69) is 36.5 Å². The summed E-state index contributed by atoms with van der Waals surface area (Å²) in [7, 11) is 0. The molecule has 0 aliphatic carbocycles. The third-order valence-corrected chi connectivity index (χ3v) is 7.23. The molecule has 2 fully saturated rings. The van der Waals surface area contributed by atoms with E-state index in [4.69, 9.17) is 5.73 Å². The number of likely N-dealkylation sites (tertiary alicyclic amines) is 1. The zero-order valence-corrected chi connectivity index (χ0v) is 17.1. The number of hydrogen-bond acceptors (Lipinski definition) is 4. The van der Waals surface area contributed by atoms with Crippen LogP contribution < -0.4 is 11.1 Å². The average Bonchev–Trinajstić information content (AvgIpc) is 3.28. The van der Waals surface area contributed by atoms with Gasteiger partial charge >= 0.3 is 0 Å². The van der Waals surface area contributed by atoms with Crippen molar-refractivity contribution in [2.45, 2.75) is 45.1 Å². The summed E-state index contributed by atoms with van der Waals surface area (Å²) in [4.78, 5) is 16.8. The van der Waals surface area contributed by atoms with E-state index in [9.17, 15) is 4.79 Å². The van der Waals surface area contributed by atoms with E-state index in [-0.39, 0.29) is 11.9 Å². The lowest BCUT2D eigenvalue weighted by molar-refractivity contribution is 0.0795. The molecule has 2 aliphatic heterocycles. The number of thiophene rings is 1. The number of hydrogen-bond donors (Lipinski definition) is 2. The van der Waals surface area contributed by atoms with Crippen LogP contribution in [0, 0.1) is 13.8 Å². The van der Waals surface area contributed by atoms with E-state index in [1.165, 1.54) is 34.4 Å². The van der Waals surface area contributed by atoms with Crippen molar-refractivity contribution in [2.24, 2.45) is 5.73 Å². The summed E-state index contributed by atoms with van der Waals surface area (Å²) in [6, 6.07) is 9.11. The number of nitrogens with zero attached hydrogens (tertiary/aromatic N) is 1. The van der Waals surface area contributed by atoms with Gasteiger partial charge in [0.15, 0.2) is 0 Å². The molecule has 0 radical (unpaired) electrons. The predicted octanol–water partition coefficient (Wildman–Crippen LogP) is 3.67. The Balaban J connectivity index is 1.57. The van der Waals surface area contributed by atoms with Gasteiger partial charge in [0.25, 0.3) is 5.91 Å². The van der Waals surface area contributed by atoms with E-state index in [1.807, 2.05) is 11.8 Å². The van der Waals surface area contributed by atoms with Crippen LogP contribution in [0.2, 0.25) is 0 Å². The fraction of sp³-hybridized carbons (Fsp3) is 0.500. The molecule has 0 bridgehead atoms. The minimum absolute atomic E-state index is 0.124. The first kappa shape index (κ1) is 18.7. The van der Waals surface area contributed by atoms with Crippen molar-refractivity contribution in [3.63, 3.8) is 0 Å². The van der Waals surface area contributed by atoms with Crippen LogP contribution in [0.15, 0.2) is 24.3 Å². The average molecular weight is 384 g/mol. The molecule has 1 aromatic carbocycles. The Morgan fingerprint density at radius 3 is 2.59 bits per heavy atom. The topological polar surface area (TPSA) is 58.4 Å². The van der Waals surface area contributed by atoms with Crippen LogP contribution in [0.3, 0.4) is 0 Å². The molecule has 144 valence electrons. The Kier molecular flexibility index (Phi) is 5.35. The lowest BCUT2D eigenvalue weighted by atomic mass is 9.87. The number of amides is 1. The maximum Gasteiger partial charge on any atom is 0.264 e. The fourth-order valence-corrected chi connectivity index (χ4v) is 5.51. The molecular weight excluding hydrogens is 354 g/mol. The van der Waals surface area contributed by atoms with Gasteiger partial charge in [-0.25, -0.2) is 0 Å². The smallest absolute Gasteiger partial charge is 0.264 e. The number of rotatable bonds is 3. The summed E-state index contributed by atoms with van der Waals surface area (Å²) >= 11 is 1.62. The predicted molar refractivity (Wildman–Crippen MR) is 113 cm³/mol. The summed E-state index contributed by atoms with van der Waals surface area (Å²) in [5.41, 5.74) is 11.1. The Morgan fingerprint density at radius 2 is 1.93 bits per heavy atom. The summed E-state index contributed by atoms with van der Waals surface area (Å²) in [6.45, 7) is 7.94. The molecule has 0 unspecified atom stereocenters. The van der Waals surface area contributed by atoms with Crippen LogP contribution in [0.1, 0.15) is 51.5 Å². The Labute approximate surface area is 165 Å². The van der Waals surface area contributed by atoms with Gasteiger partial charge in [-0.05, 0) is 80.4 Å². The van der Waals surface area contributed by atoms with Gasteiger partial charge in [-0.3, -0.25) is 4.79 Å². The lowest BCUT2D eigenvalue weighted by Crippen LogP contribution is -2.31. The molecule has 3 N–H and O–H groups in total. The van der Waals surface area contributed by atoms with Gasteiger partial charge < -0.3 is 16.0 Å². The van der Waals surface area contributed by atoms with E-state index < -0.39 is 0 Å². The summed E-state index contributed by atoms with van der Waals surface area (Å²) in [5, 5.41) is 3.44. The molecule has 5 heteroatoms. The SMILES string of the molecule is Cc1cc(-c2cc(C)c(C(=O)N3CC[C@H](N)C3)s2)ccc1C1CCNCC1. The highest BCUT2D eigenvalue weighted by Crippen LogP contribution is 2.35. The van der Waals surface area contributed by atoms with Gasteiger partial charge in [-0.1, -0.05) is 18.2 Å². The molecular formula is C22H29N3OS. The summed E-state index contributed by atoms with van der Waals surface area (Å²) < 4.78 is 0. The highest BCUT2D eigenvalue weighted by atomic mass is 32.1. The van der Waals surface area contributed by atoms with Gasteiger partial charge in [0.2, 0.25) is 0 Å². The van der Waals surface area contributed by atoms with Crippen molar-refractivity contribution >= 4 is 17.2 Å². The zero-order chi connectivity index (χ0) is 19.0. The van der Waals surface area contributed by atoms with E-state index in [0.717, 1.165) is 36.5 Å². The largest absolute Gasteiger partial charge is 0.336 e. The molecule has 1 aromatic heterocycles. The molecule has 1 amide bonds. The normalized spacial score (nSPS) is 21.0. The van der Waals surface area contributed by atoms with Crippen LogP contribution in [-0.2, 0) is 0 Å². The first-order valence-corrected chi connectivity index (χ1v) is 10.8. The van der Waals surface area contributed by atoms with Crippen LogP contribution in [0.4, 0.5) is 0 Å². The van der Waals surface area contributed by atoms with Gasteiger partial charge in [-0.2, -0.15) is 0 Å². The highest BCUT2D eigenvalue weighted by Gasteiger charge is 2.27. The third-order valence-electron chi connectivity index (χ3n) is 5.96. The van der Waals surface area contributed by atoms with Crippen molar-refractivity contribution in [2.75, 3.05) is 26.2 Å². The fourth-order valence-electron chi connectivity index (χ4n) is 4.37. The number of piperidine rings is 1. The van der Waals surface area contributed by atoms with Crippen molar-refractivity contribution in [3.8, 4) is 10.4 Å². The minimum atomic E-state index is 0.124. The van der Waals surface area contributed by atoms with Gasteiger partial charge in [0.1, 0.15) is 0 Å². The van der Waals surface area contributed by atoms with Crippen molar-refractivity contribution in [1.82, 2.24) is 10.2 Å². The quantitative estimate of drug-likeness (QED) is 0.850. The standard InChI is InChI=1S/C22H29N3OS/c1-14-11-17(3-4-19(14)16-5-8-24-9-6-16)20-12-15(2)21(27-20)22(26)25-10-7-18(23)13-25/h3-4,11-12,16,18,24H,5-10,13,23H2,1-2H3/t18-/m0/s1. The van der Waals surface area contributed by atoms with Crippen LogP contribution >= 0.6 is 11.3 Å². The Bertz CT molecular complexity index is 838. The second-order valence-corrected chi connectivity index (χ2v) is 9.07. The number of nitrogens with two attached hydrogens (primary N) is 1. The molecule has 0 saturated carbocycles. The van der Waals surface area contributed by atoms with Crippen LogP contribution in [0.5, 0.6) is 0 Å². The maximum atomic E-state index is 12.9.